The van der Waals surface area contributed by atoms with E-state index in [4.69, 9.17) is 5.11 Å². The second-order valence-corrected chi connectivity index (χ2v) is 10.1. The average molecular weight is 325 g/mol. The van der Waals surface area contributed by atoms with E-state index in [1.54, 1.807) is 0 Å². The van der Waals surface area contributed by atoms with Crippen LogP contribution in [0, 0.1) is 5.92 Å². The third kappa shape index (κ3) is 3.07. The van der Waals surface area contributed by atoms with Gasteiger partial charge >= 0.3 is 103 Å². The second kappa shape index (κ2) is 4.88. The van der Waals surface area contributed by atoms with Crippen LogP contribution < -0.4 is 21.2 Å². The van der Waals surface area contributed by atoms with Crippen molar-refractivity contribution in [2.24, 2.45) is 5.92 Å². The molecule has 0 spiro atoms. The fraction of sp³-hybridized carbons (Fsp3) is 1.00. The molecule has 0 amide bonds. The monoisotopic (exact) mass is 325 g/mol. The van der Waals surface area contributed by atoms with Crippen molar-refractivity contribution in [3.8, 4) is 0 Å². The van der Waals surface area contributed by atoms with Crippen molar-refractivity contribution >= 4 is 0 Å². The number of halogens is 1. The van der Waals surface area contributed by atoms with E-state index in [0.717, 1.165) is 26.1 Å². The Morgan fingerprint density at radius 2 is 2.27 bits per heavy atom. The Bertz CT molecular complexity index is 222. The van der Waals surface area contributed by atoms with Gasteiger partial charge in [-0.1, -0.05) is 0 Å². The van der Waals surface area contributed by atoms with Crippen molar-refractivity contribution in [2.75, 3.05) is 6.61 Å². The molecule has 3 heteroatoms. The first-order valence-corrected chi connectivity index (χ1v) is 8.40. The summed E-state index contributed by atoms with van der Waals surface area (Å²) in [6, 6.07) is 0. The van der Waals surface area contributed by atoms with Gasteiger partial charge in [0, 0.05) is 0 Å². The summed E-state index contributed by atoms with van der Waals surface area (Å²) in [5, 5.41) is 18.0. The number of aliphatic hydroxyl groups is 2. The van der Waals surface area contributed by atoms with Crippen LogP contribution >= 0.6 is 0 Å². The van der Waals surface area contributed by atoms with Crippen molar-refractivity contribution < 1.29 is 31.4 Å². The van der Waals surface area contributed by atoms with E-state index in [1.165, 1.54) is 25.7 Å². The van der Waals surface area contributed by atoms with Crippen molar-refractivity contribution in [3.05, 3.63) is 0 Å². The van der Waals surface area contributed by atoms with Gasteiger partial charge in [0.25, 0.3) is 0 Å². The Hall–Kier alpha value is 0.650. The van der Waals surface area contributed by atoms with E-state index in [9.17, 15) is 5.11 Å². The molecule has 2 nitrogen and oxygen atoms in total. The summed E-state index contributed by atoms with van der Waals surface area (Å²) in [5.74, 6) is 1.09. The van der Waals surface area contributed by atoms with Crippen molar-refractivity contribution in [2.45, 2.75) is 58.9 Å². The van der Waals surface area contributed by atoms with Gasteiger partial charge < -0.3 is 0 Å². The van der Waals surface area contributed by atoms with Crippen LogP contribution in [0.25, 0.3) is 0 Å². The van der Waals surface area contributed by atoms with E-state index in [2.05, 4.69) is 6.92 Å². The van der Waals surface area contributed by atoms with E-state index >= 15 is 0 Å². The Morgan fingerprint density at radius 1 is 1.47 bits per heavy atom. The quantitative estimate of drug-likeness (QED) is 0.479. The molecule has 15 heavy (non-hydrogen) atoms. The summed E-state index contributed by atoms with van der Waals surface area (Å²) >= 11 is 0.396. The van der Waals surface area contributed by atoms with Crippen LogP contribution in [0.2, 0.25) is 0 Å². The molecule has 0 aromatic heterocycles. The molecule has 1 heterocycles. The standard InChI is InChI=1S/C12H22IO2/c1-12-7-9(12)5-6-10(13-12)3-2-4-11(15)8-14/h9-11,14-15H,2-8H2,1H3/q-1/t9-,10?,11?,12?/m0/s1. The van der Waals surface area contributed by atoms with Gasteiger partial charge in [0.1, 0.15) is 0 Å². The van der Waals surface area contributed by atoms with Crippen LogP contribution in [-0.2, 0) is 0 Å². The molecule has 2 aliphatic rings. The molecule has 0 aromatic rings. The molecule has 4 atom stereocenters. The first-order valence-electron chi connectivity index (χ1n) is 6.07. The summed E-state index contributed by atoms with van der Waals surface area (Å²) in [7, 11) is 0. The SMILES string of the molecule is CC12C[C@@H]1CCC(CCCC(O)CO)[I-]2. The van der Waals surface area contributed by atoms with Gasteiger partial charge in [0.05, 0.1) is 0 Å². The van der Waals surface area contributed by atoms with Gasteiger partial charge in [0.15, 0.2) is 0 Å². The Balaban J connectivity index is 1.63. The van der Waals surface area contributed by atoms with Gasteiger partial charge in [-0.2, -0.15) is 0 Å². The van der Waals surface area contributed by atoms with E-state index < -0.39 is 6.10 Å². The van der Waals surface area contributed by atoms with E-state index in [0.29, 0.717) is 21.2 Å². The third-order valence-electron chi connectivity index (χ3n) is 3.83. The number of alkyl halides is 2. The maximum absolute atomic E-state index is 9.26. The molecule has 0 bridgehead atoms. The predicted molar refractivity (Wildman–Crippen MR) is 56.5 cm³/mol. The van der Waals surface area contributed by atoms with Crippen LogP contribution in [0.5, 0.6) is 0 Å². The van der Waals surface area contributed by atoms with Crippen molar-refractivity contribution in [1.82, 2.24) is 0 Å². The molecule has 3 unspecified atom stereocenters. The molecule has 0 radical (unpaired) electrons. The summed E-state index contributed by atoms with van der Waals surface area (Å²) in [5.41, 5.74) is 0. The number of hydrogen-bond donors (Lipinski definition) is 2. The Morgan fingerprint density at radius 3 is 2.93 bits per heavy atom. The molecule has 1 saturated carbocycles. The number of aliphatic hydroxyl groups excluding tert-OH is 2. The summed E-state index contributed by atoms with van der Waals surface area (Å²) < 4.78 is 1.80. The molecule has 1 saturated heterocycles. The zero-order valence-corrected chi connectivity index (χ0v) is 11.6. The molecule has 2 rings (SSSR count). The predicted octanol–water partition coefficient (Wildman–Crippen LogP) is -1.46. The Kier molecular flexibility index (Phi) is 3.94. The molecule has 2 N–H and O–H groups in total. The van der Waals surface area contributed by atoms with Gasteiger partial charge in [0.2, 0.25) is 0 Å². The first-order chi connectivity index (χ1) is 7.14. The van der Waals surface area contributed by atoms with Crippen LogP contribution in [-0.4, -0.2) is 30.3 Å². The molecular formula is C12H22IO2-. The number of rotatable bonds is 5. The van der Waals surface area contributed by atoms with Crippen LogP contribution in [0.3, 0.4) is 0 Å². The number of fused-ring (bicyclic) bond motifs is 1. The zero-order valence-electron chi connectivity index (χ0n) is 9.45. The fourth-order valence-electron chi connectivity index (χ4n) is 2.61. The van der Waals surface area contributed by atoms with E-state index in [-0.39, 0.29) is 6.61 Å². The summed E-state index contributed by atoms with van der Waals surface area (Å²) in [4.78, 5) is 0. The van der Waals surface area contributed by atoms with Crippen molar-refractivity contribution in [3.63, 3.8) is 0 Å². The zero-order chi connectivity index (χ0) is 10.9. The van der Waals surface area contributed by atoms with Crippen LogP contribution in [0.1, 0.15) is 45.4 Å². The third-order valence-corrected chi connectivity index (χ3v) is 8.70. The minimum atomic E-state index is -0.476. The summed E-state index contributed by atoms with van der Waals surface area (Å²) in [6.45, 7) is 2.42. The Labute approximate surface area is 103 Å². The van der Waals surface area contributed by atoms with Crippen molar-refractivity contribution in [1.29, 1.82) is 0 Å². The van der Waals surface area contributed by atoms with E-state index in [1.807, 2.05) is 0 Å². The summed E-state index contributed by atoms with van der Waals surface area (Å²) in [6.07, 6.45) is 7.13. The van der Waals surface area contributed by atoms with Crippen LogP contribution in [0.4, 0.5) is 0 Å². The van der Waals surface area contributed by atoms with Gasteiger partial charge in [-0.3, -0.25) is 0 Å². The fourth-order valence-corrected chi connectivity index (χ4v) is 7.65. The van der Waals surface area contributed by atoms with Gasteiger partial charge in [-0.15, -0.1) is 0 Å². The topological polar surface area (TPSA) is 40.5 Å². The maximum atomic E-state index is 9.26. The number of hydrogen-bond acceptors (Lipinski definition) is 2. The second-order valence-electron chi connectivity index (χ2n) is 5.23. The molecule has 0 aromatic carbocycles. The first kappa shape index (κ1) is 12.1. The van der Waals surface area contributed by atoms with Gasteiger partial charge in [-0.25, -0.2) is 0 Å². The average Bonchev–Trinajstić information content (AvgIpc) is 2.88. The molecular weight excluding hydrogens is 303 g/mol. The molecule has 1 aliphatic carbocycles. The molecule has 90 valence electrons. The molecule has 1 aliphatic heterocycles. The van der Waals surface area contributed by atoms with Gasteiger partial charge in [-0.05, 0) is 0 Å². The molecule has 2 fully saturated rings. The normalized spacial score (nSPS) is 41.5. The van der Waals surface area contributed by atoms with Crippen LogP contribution in [0.15, 0.2) is 0 Å². The minimum absolute atomic E-state index is 0.0699.